The van der Waals surface area contributed by atoms with Gasteiger partial charge in [0.1, 0.15) is 0 Å². The lowest BCUT2D eigenvalue weighted by atomic mass is 10.1. The Morgan fingerprint density at radius 3 is 2.42 bits per heavy atom. The van der Waals surface area contributed by atoms with Crippen molar-refractivity contribution in [1.29, 1.82) is 0 Å². The van der Waals surface area contributed by atoms with Crippen molar-refractivity contribution in [3.05, 3.63) is 29.8 Å². The van der Waals surface area contributed by atoms with Gasteiger partial charge in [-0.2, -0.15) is 0 Å². The van der Waals surface area contributed by atoms with E-state index in [1.54, 1.807) is 24.3 Å². The van der Waals surface area contributed by atoms with Crippen molar-refractivity contribution in [2.24, 2.45) is 0 Å². The van der Waals surface area contributed by atoms with Crippen LogP contribution in [0.5, 0.6) is 0 Å². The van der Waals surface area contributed by atoms with E-state index in [0.717, 1.165) is 18.4 Å². The minimum atomic E-state index is -3.56. The van der Waals surface area contributed by atoms with Crippen LogP contribution in [0.3, 0.4) is 0 Å². The lowest BCUT2D eigenvalue weighted by Gasteiger charge is -2.14. The molecule has 108 valence electrons. The van der Waals surface area contributed by atoms with Crippen LogP contribution in [0.2, 0.25) is 0 Å². The van der Waals surface area contributed by atoms with Crippen LogP contribution < -0.4 is 4.72 Å². The lowest BCUT2D eigenvalue weighted by Crippen LogP contribution is -2.36. The van der Waals surface area contributed by atoms with Gasteiger partial charge in [0.25, 0.3) is 0 Å². The molecule has 0 bridgehead atoms. The summed E-state index contributed by atoms with van der Waals surface area (Å²) in [5, 5.41) is 9.04. The van der Waals surface area contributed by atoms with Gasteiger partial charge >= 0.3 is 0 Å². The zero-order chi connectivity index (χ0) is 14.3. The van der Waals surface area contributed by atoms with Gasteiger partial charge in [-0.25, -0.2) is 13.1 Å². The number of aliphatic hydroxyl groups is 1. The van der Waals surface area contributed by atoms with Gasteiger partial charge in [-0.1, -0.05) is 19.1 Å². The molecule has 1 atom stereocenters. The zero-order valence-electron chi connectivity index (χ0n) is 11.0. The number of hydrogen-bond acceptors (Lipinski definition) is 3. The molecule has 0 aliphatic rings. The third-order valence-corrected chi connectivity index (χ3v) is 4.67. The molecule has 0 saturated heterocycles. The molecule has 1 unspecified atom stereocenters. The number of alkyl halides is 1. The van der Waals surface area contributed by atoms with Crippen molar-refractivity contribution in [2.75, 3.05) is 12.5 Å². The average molecular weight is 306 g/mol. The van der Waals surface area contributed by atoms with Crippen LogP contribution in [0.25, 0.3) is 0 Å². The molecule has 4 nitrogen and oxygen atoms in total. The molecular formula is C13H20ClNO3S. The summed E-state index contributed by atoms with van der Waals surface area (Å²) in [7, 11) is -3.56. The van der Waals surface area contributed by atoms with Gasteiger partial charge in [-0.3, -0.25) is 0 Å². The van der Waals surface area contributed by atoms with Crippen molar-refractivity contribution in [3.63, 3.8) is 0 Å². The summed E-state index contributed by atoms with van der Waals surface area (Å²) in [6, 6.07) is 6.30. The summed E-state index contributed by atoms with van der Waals surface area (Å²) in [6.07, 6.45) is 2.25. The Balaban J connectivity index is 2.78. The Hall–Kier alpha value is -0.620. The Kier molecular flexibility index (Phi) is 6.79. The lowest BCUT2D eigenvalue weighted by molar-refractivity contribution is 0.254. The minimum Gasteiger partial charge on any atom is -0.395 e. The van der Waals surface area contributed by atoms with E-state index in [2.05, 4.69) is 4.72 Å². The maximum Gasteiger partial charge on any atom is 0.240 e. The first-order valence-electron chi connectivity index (χ1n) is 6.31. The van der Waals surface area contributed by atoms with Gasteiger partial charge in [0.05, 0.1) is 11.5 Å². The van der Waals surface area contributed by atoms with E-state index >= 15 is 0 Å². The second-order valence-electron chi connectivity index (χ2n) is 4.35. The molecule has 2 N–H and O–H groups in total. The minimum absolute atomic E-state index is 0.205. The highest BCUT2D eigenvalue weighted by Crippen LogP contribution is 2.13. The predicted octanol–water partition coefficient (Wildman–Crippen LogP) is 1.91. The van der Waals surface area contributed by atoms with Crippen LogP contribution in [0.15, 0.2) is 29.2 Å². The molecule has 0 spiro atoms. The van der Waals surface area contributed by atoms with E-state index in [-0.39, 0.29) is 11.5 Å². The second-order valence-corrected chi connectivity index (χ2v) is 6.44. The van der Waals surface area contributed by atoms with Crippen molar-refractivity contribution in [3.8, 4) is 0 Å². The third-order valence-electron chi connectivity index (χ3n) is 2.87. The number of nitrogens with one attached hydrogen (secondary N) is 1. The van der Waals surface area contributed by atoms with Crippen LogP contribution >= 0.6 is 11.6 Å². The van der Waals surface area contributed by atoms with Crippen LogP contribution in [0.4, 0.5) is 0 Å². The molecule has 6 heteroatoms. The number of halogens is 1. The topological polar surface area (TPSA) is 66.4 Å². The highest BCUT2D eigenvalue weighted by Gasteiger charge is 2.18. The van der Waals surface area contributed by atoms with Crippen LogP contribution in [-0.2, 0) is 16.4 Å². The molecule has 1 rings (SSSR count). The summed E-state index contributed by atoms with van der Waals surface area (Å²) in [6.45, 7) is 1.61. The van der Waals surface area contributed by atoms with E-state index in [0.29, 0.717) is 12.3 Å². The molecule has 1 aromatic carbocycles. The van der Waals surface area contributed by atoms with Crippen molar-refractivity contribution < 1.29 is 13.5 Å². The second kappa shape index (κ2) is 7.85. The first-order chi connectivity index (χ1) is 9.03. The van der Waals surface area contributed by atoms with E-state index < -0.39 is 16.1 Å². The summed E-state index contributed by atoms with van der Waals surface area (Å²) in [5.41, 5.74) is 1.06. The molecular weight excluding hydrogens is 286 g/mol. The first-order valence-corrected chi connectivity index (χ1v) is 8.33. The fourth-order valence-corrected chi connectivity index (χ4v) is 3.09. The molecule has 19 heavy (non-hydrogen) atoms. The van der Waals surface area contributed by atoms with Crippen LogP contribution in [0, 0.1) is 0 Å². The maximum absolute atomic E-state index is 12.0. The molecule has 0 heterocycles. The number of rotatable bonds is 8. The van der Waals surface area contributed by atoms with E-state index in [4.69, 9.17) is 16.7 Å². The number of sulfonamides is 1. The first kappa shape index (κ1) is 16.4. The van der Waals surface area contributed by atoms with E-state index in [1.165, 1.54) is 0 Å². The van der Waals surface area contributed by atoms with Crippen molar-refractivity contribution in [1.82, 2.24) is 4.72 Å². The molecule has 0 aromatic heterocycles. The van der Waals surface area contributed by atoms with E-state index in [1.807, 2.05) is 6.92 Å². The zero-order valence-corrected chi connectivity index (χ0v) is 12.5. The molecule has 0 aliphatic carbocycles. The molecule has 1 aromatic rings. The van der Waals surface area contributed by atoms with Crippen LogP contribution in [0.1, 0.15) is 25.3 Å². The quantitative estimate of drug-likeness (QED) is 0.721. The highest BCUT2D eigenvalue weighted by molar-refractivity contribution is 7.89. The van der Waals surface area contributed by atoms with Gasteiger partial charge in [-0.05, 0) is 37.0 Å². The SMILES string of the molecule is CCC(CO)NS(=O)(=O)c1ccc(CCCCl)cc1. The number of aryl methyl sites for hydroxylation is 1. The summed E-state index contributed by atoms with van der Waals surface area (Å²) in [4.78, 5) is 0.217. The van der Waals surface area contributed by atoms with Crippen molar-refractivity contribution >= 4 is 21.6 Å². The fraction of sp³-hybridized carbons (Fsp3) is 0.538. The van der Waals surface area contributed by atoms with Gasteiger partial charge < -0.3 is 5.11 Å². The van der Waals surface area contributed by atoms with Gasteiger partial charge in [0.2, 0.25) is 10.0 Å². The van der Waals surface area contributed by atoms with Crippen molar-refractivity contribution in [2.45, 2.75) is 37.1 Å². The summed E-state index contributed by atoms with van der Waals surface area (Å²) >= 11 is 5.61. The van der Waals surface area contributed by atoms with E-state index in [9.17, 15) is 8.42 Å². The van der Waals surface area contributed by atoms with Gasteiger partial charge in [-0.15, -0.1) is 11.6 Å². The molecule has 0 saturated carbocycles. The maximum atomic E-state index is 12.0. The Morgan fingerprint density at radius 2 is 1.95 bits per heavy atom. The number of benzene rings is 1. The molecule has 0 amide bonds. The van der Waals surface area contributed by atoms with Crippen LogP contribution in [-0.4, -0.2) is 32.1 Å². The highest BCUT2D eigenvalue weighted by atomic mass is 35.5. The normalized spacial score (nSPS) is 13.4. The third kappa shape index (κ3) is 5.10. The molecule has 0 radical (unpaired) electrons. The molecule has 0 aliphatic heterocycles. The largest absolute Gasteiger partial charge is 0.395 e. The predicted molar refractivity (Wildman–Crippen MR) is 77.0 cm³/mol. The Bertz CT molecular complexity index is 469. The van der Waals surface area contributed by atoms with Gasteiger partial charge in [0, 0.05) is 11.9 Å². The van der Waals surface area contributed by atoms with Gasteiger partial charge in [0.15, 0.2) is 0 Å². The Labute approximate surface area is 119 Å². The Morgan fingerprint density at radius 1 is 1.32 bits per heavy atom. The summed E-state index contributed by atoms with van der Waals surface area (Å²) < 4.78 is 26.6. The number of hydrogen-bond donors (Lipinski definition) is 2. The monoisotopic (exact) mass is 305 g/mol. The average Bonchev–Trinajstić information content (AvgIpc) is 2.43. The summed E-state index contributed by atoms with van der Waals surface area (Å²) in [5.74, 6) is 0.594. The number of aliphatic hydroxyl groups excluding tert-OH is 1. The fourth-order valence-electron chi connectivity index (χ4n) is 1.64. The molecule has 0 fully saturated rings. The smallest absolute Gasteiger partial charge is 0.240 e. The standard InChI is InChI=1S/C13H20ClNO3S/c1-2-12(10-16)15-19(17,18)13-7-5-11(6-8-13)4-3-9-14/h5-8,12,15-16H,2-4,9-10H2,1H3.